The molecule has 2 atom stereocenters. The predicted molar refractivity (Wildman–Crippen MR) is 82.9 cm³/mol. The van der Waals surface area contributed by atoms with E-state index in [0.717, 1.165) is 0 Å². The number of unbranched alkanes of at least 4 members (excludes halogenated alkanes) is 1. The van der Waals surface area contributed by atoms with Gasteiger partial charge in [0, 0.05) is 24.4 Å². The standard InChI is InChI=1S/C16H17N3O5/c20-14(12-9-13(12)19(23)24)17-7-3-4-8-18-15(21)10-5-1-2-6-11(10)16(18)22/h1-2,5-6,12-13H,3-4,7-9H2,(H,17,20)/t12-,13+/m0/s1. The molecule has 1 aromatic rings. The molecule has 8 nitrogen and oxygen atoms in total. The number of nitrogens with one attached hydrogen (secondary N) is 1. The SMILES string of the molecule is O=C(NCCCCN1C(=O)c2ccccc2C1=O)[C@H]1C[C@H]1[N+](=O)[O-]. The van der Waals surface area contributed by atoms with E-state index >= 15 is 0 Å². The van der Waals surface area contributed by atoms with Gasteiger partial charge in [-0.1, -0.05) is 12.1 Å². The lowest BCUT2D eigenvalue weighted by Crippen LogP contribution is -2.32. The predicted octanol–water partition coefficient (Wildman–Crippen LogP) is 0.844. The fourth-order valence-corrected chi connectivity index (χ4v) is 2.88. The second-order valence-electron chi connectivity index (χ2n) is 6.00. The van der Waals surface area contributed by atoms with Crippen LogP contribution in [0.2, 0.25) is 0 Å². The summed E-state index contributed by atoms with van der Waals surface area (Å²) in [5.41, 5.74) is 0.853. The maximum absolute atomic E-state index is 12.1. The lowest BCUT2D eigenvalue weighted by atomic mass is 10.1. The first-order chi connectivity index (χ1) is 11.5. The number of imide groups is 1. The third-order valence-electron chi connectivity index (χ3n) is 4.35. The molecule has 8 heteroatoms. The summed E-state index contributed by atoms with van der Waals surface area (Å²) in [6, 6.07) is 5.97. The summed E-state index contributed by atoms with van der Waals surface area (Å²) in [7, 11) is 0. The van der Waals surface area contributed by atoms with E-state index in [1.54, 1.807) is 24.3 Å². The summed E-state index contributed by atoms with van der Waals surface area (Å²) in [4.78, 5) is 47.3. The summed E-state index contributed by atoms with van der Waals surface area (Å²) in [6.07, 6.45) is 1.46. The molecule has 2 aliphatic rings. The van der Waals surface area contributed by atoms with E-state index < -0.39 is 16.9 Å². The summed E-state index contributed by atoms with van der Waals surface area (Å²) in [5, 5.41) is 13.2. The van der Waals surface area contributed by atoms with E-state index in [-0.39, 0.29) is 17.7 Å². The minimum Gasteiger partial charge on any atom is -0.356 e. The number of hydrogen-bond donors (Lipinski definition) is 1. The fourth-order valence-electron chi connectivity index (χ4n) is 2.88. The van der Waals surface area contributed by atoms with Crippen molar-refractivity contribution in [2.24, 2.45) is 5.92 Å². The van der Waals surface area contributed by atoms with Crippen LogP contribution >= 0.6 is 0 Å². The van der Waals surface area contributed by atoms with Gasteiger partial charge in [-0.3, -0.25) is 29.4 Å². The summed E-state index contributed by atoms with van der Waals surface area (Å²) in [6.45, 7) is 0.673. The molecule has 0 aromatic heterocycles. The Balaban J connectivity index is 1.39. The van der Waals surface area contributed by atoms with Crippen LogP contribution in [0.1, 0.15) is 40.0 Å². The van der Waals surface area contributed by atoms with Crippen LogP contribution in [0.3, 0.4) is 0 Å². The van der Waals surface area contributed by atoms with Gasteiger partial charge >= 0.3 is 0 Å². The molecule has 1 saturated carbocycles. The summed E-state index contributed by atoms with van der Waals surface area (Å²) in [5.74, 6) is -1.38. The van der Waals surface area contributed by atoms with E-state index in [1.807, 2.05) is 0 Å². The molecule has 0 unspecified atom stereocenters. The molecule has 1 N–H and O–H groups in total. The van der Waals surface area contributed by atoms with Crippen LogP contribution in [0.15, 0.2) is 24.3 Å². The monoisotopic (exact) mass is 331 g/mol. The van der Waals surface area contributed by atoms with E-state index in [2.05, 4.69) is 5.32 Å². The molecule has 3 amide bonds. The number of nitrogens with zero attached hydrogens (tertiary/aromatic N) is 2. The Morgan fingerprint density at radius 3 is 2.38 bits per heavy atom. The van der Waals surface area contributed by atoms with Gasteiger partial charge in [0.15, 0.2) is 0 Å². The highest BCUT2D eigenvalue weighted by atomic mass is 16.6. The molecule has 126 valence electrons. The van der Waals surface area contributed by atoms with Crippen LogP contribution in [0, 0.1) is 16.0 Å². The van der Waals surface area contributed by atoms with Crippen LogP contribution in [-0.4, -0.2) is 46.7 Å². The minimum atomic E-state index is -0.747. The Kier molecular flexibility index (Phi) is 4.28. The van der Waals surface area contributed by atoms with Crippen molar-refractivity contribution in [3.8, 4) is 0 Å². The average molecular weight is 331 g/mol. The first-order valence-electron chi connectivity index (χ1n) is 7.87. The third-order valence-corrected chi connectivity index (χ3v) is 4.35. The third kappa shape index (κ3) is 2.99. The molecular weight excluding hydrogens is 314 g/mol. The number of carbonyl (C=O) groups is 3. The van der Waals surface area contributed by atoms with Gasteiger partial charge in [-0.15, -0.1) is 0 Å². The Morgan fingerprint density at radius 1 is 1.21 bits per heavy atom. The quantitative estimate of drug-likeness (QED) is 0.345. The number of benzene rings is 1. The molecule has 24 heavy (non-hydrogen) atoms. The largest absolute Gasteiger partial charge is 0.356 e. The van der Waals surface area contributed by atoms with Crippen molar-refractivity contribution in [1.82, 2.24) is 10.2 Å². The normalized spacial score (nSPS) is 21.6. The zero-order valence-corrected chi connectivity index (χ0v) is 12.9. The lowest BCUT2D eigenvalue weighted by Gasteiger charge is -2.13. The van der Waals surface area contributed by atoms with E-state index in [0.29, 0.717) is 43.5 Å². The van der Waals surface area contributed by atoms with E-state index in [9.17, 15) is 24.5 Å². The molecule has 3 rings (SSSR count). The highest BCUT2D eigenvalue weighted by Gasteiger charge is 2.53. The molecule has 1 aromatic carbocycles. The topological polar surface area (TPSA) is 110 Å². The lowest BCUT2D eigenvalue weighted by molar-refractivity contribution is -0.497. The number of fused-ring (bicyclic) bond motifs is 1. The van der Waals surface area contributed by atoms with E-state index in [1.165, 1.54) is 4.90 Å². The summed E-state index contributed by atoms with van der Waals surface area (Å²) < 4.78 is 0. The number of rotatable bonds is 7. The number of hydrogen-bond acceptors (Lipinski definition) is 5. The molecule has 0 saturated heterocycles. The molecule has 0 radical (unpaired) electrons. The van der Waals surface area contributed by atoms with Gasteiger partial charge in [0.1, 0.15) is 5.92 Å². The van der Waals surface area contributed by atoms with Crippen LogP contribution in [0.4, 0.5) is 0 Å². The Hall–Kier alpha value is -2.77. The molecule has 0 bridgehead atoms. The average Bonchev–Trinajstić information content (AvgIpc) is 3.34. The fraction of sp³-hybridized carbons (Fsp3) is 0.438. The Bertz CT molecular complexity index is 682. The zero-order chi connectivity index (χ0) is 17.3. The van der Waals surface area contributed by atoms with Crippen molar-refractivity contribution >= 4 is 17.7 Å². The van der Waals surface area contributed by atoms with Crippen molar-refractivity contribution in [3.63, 3.8) is 0 Å². The second-order valence-corrected chi connectivity index (χ2v) is 6.00. The first kappa shape index (κ1) is 16.1. The van der Waals surface area contributed by atoms with Gasteiger partial charge in [-0.25, -0.2) is 0 Å². The highest BCUT2D eigenvalue weighted by molar-refractivity contribution is 6.21. The summed E-state index contributed by atoms with van der Waals surface area (Å²) >= 11 is 0. The highest BCUT2D eigenvalue weighted by Crippen LogP contribution is 2.32. The first-order valence-corrected chi connectivity index (χ1v) is 7.87. The molecule has 0 spiro atoms. The number of carbonyl (C=O) groups excluding carboxylic acids is 3. The minimum absolute atomic E-state index is 0.286. The number of nitro groups is 1. The van der Waals surface area contributed by atoms with Crippen molar-refractivity contribution in [1.29, 1.82) is 0 Å². The molecular formula is C16H17N3O5. The van der Waals surface area contributed by atoms with Gasteiger partial charge < -0.3 is 5.32 Å². The molecule has 1 aliphatic carbocycles. The smallest absolute Gasteiger partial charge is 0.261 e. The maximum atomic E-state index is 12.1. The van der Waals surface area contributed by atoms with Crippen LogP contribution in [-0.2, 0) is 4.79 Å². The Morgan fingerprint density at radius 2 is 1.83 bits per heavy atom. The van der Waals surface area contributed by atoms with Crippen molar-refractivity contribution in [2.45, 2.75) is 25.3 Å². The van der Waals surface area contributed by atoms with Gasteiger partial charge in [-0.2, -0.15) is 0 Å². The van der Waals surface area contributed by atoms with Crippen molar-refractivity contribution < 1.29 is 19.3 Å². The van der Waals surface area contributed by atoms with Gasteiger partial charge in [0.2, 0.25) is 11.9 Å². The van der Waals surface area contributed by atoms with Crippen molar-refractivity contribution in [2.75, 3.05) is 13.1 Å². The van der Waals surface area contributed by atoms with Crippen LogP contribution in [0.25, 0.3) is 0 Å². The maximum Gasteiger partial charge on any atom is 0.261 e. The molecule has 1 aliphatic heterocycles. The van der Waals surface area contributed by atoms with Crippen LogP contribution < -0.4 is 5.32 Å². The number of amides is 3. The Labute approximate surface area is 138 Å². The second kappa shape index (κ2) is 6.38. The van der Waals surface area contributed by atoms with Crippen molar-refractivity contribution in [3.05, 3.63) is 45.5 Å². The van der Waals surface area contributed by atoms with Crippen LogP contribution in [0.5, 0.6) is 0 Å². The van der Waals surface area contributed by atoms with Gasteiger partial charge in [-0.05, 0) is 25.0 Å². The zero-order valence-electron chi connectivity index (χ0n) is 12.9. The molecule has 1 heterocycles. The van der Waals surface area contributed by atoms with Gasteiger partial charge in [0.25, 0.3) is 11.8 Å². The van der Waals surface area contributed by atoms with E-state index in [4.69, 9.17) is 0 Å². The van der Waals surface area contributed by atoms with Gasteiger partial charge in [0.05, 0.1) is 11.1 Å². The molecule has 1 fully saturated rings.